The van der Waals surface area contributed by atoms with Gasteiger partial charge in [0.15, 0.2) is 0 Å². The number of allylic oxidation sites excluding steroid dienone is 1. The fraction of sp³-hybridized carbons (Fsp3) is 0.448. The number of hydrogen-bond donors (Lipinski definition) is 0. The number of fused-ring (bicyclic) bond motifs is 1. The zero-order chi connectivity index (χ0) is 25.1. The molecule has 1 saturated carbocycles. The first-order valence-corrected chi connectivity index (χ1v) is 12.2. The molecule has 0 aromatic heterocycles. The molecule has 2 aromatic carbocycles. The maximum Gasteiger partial charge on any atom is 0.411 e. The molecule has 4 rings (SSSR count). The summed E-state index contributed by atoms with van der Waals surface area (Å²) in [5, 5.41) is 0. The normalized spacial score (nSPS) is 22.9. The molecule has 0 spiro atoms. The molecule has 1 saturated heterocycles. The lowest BCUT2D eigenvalue weighted by molar-refractivity contribution is -0.151. The SMILES string of the molecule is C=CCc1cccc(COC[C@]23CC2N(C(=O)OC(C)(C)C)[C@H](C(=O)OCc2ccccc2)C3)c1. The maximum absolute atomic E-state index is 13.1. The lowest BCUT2D eigenvalue weighted by Crippen LogP contribution is -2.46. The zero-order valence-electron chi connectivity index (χ0n) is 20.9. The van der Waals surface area contributed by atoms with Gasteiger partial charge in [0.2, 0.25) is 0 Å². The van der Waals surface area contributed by atoms with Gasteiger partial charge in [-0.2, -0.15) is 0 Å². The van der Waals surface area contributed by atoms with E-state index in [0.29, 0.717) is 19.6 Å². The van der Waals surface area contributed by atoms with Gasteiger partial charge in [0.05, 0.1) is 13.2 Å². The molecule has 1 aliphatic carbocycles. The summed E-state index contributed by atoms with van der Waals surface area (Å²) in [5.74, 6) is -0.400. The quantitative estimate of drug-likeness (QED) is 0.355. The molecule has 1 unspecified atom stereocenters. The van der Waals surface area contributed by atoms with Gasteiger partial charge in [-0.15, -0.1) is 6.58 Å². The number of carbonyl (C=O) groups is 2. The smallest absolute Gasteiger partial charge is 0.411 e. The summed E-state index contributed by atoms with van der Waals surface area (Å²) < 4.78 is 17.4. The van der Waals surface area contributed by atoms with E-state index < -0.39 is 23.7 Å². The number of carbonyl (C=O) groups excluding carboxylic acids is 2. The first kappa shape index (κ1) is 25.0. The van der Waals surface area contributed by atoms with Gasteiger partial charge in [0.1, 0.15) is 18.2 Å². The van der Waals surface area contributed by atoms with E-state index in [9.17, 15) is 9.59 Å². The first-order chi connectivity index (χ1) is 16.7. The largest absolute Gasteiger partial charge is 0.459 e. The Hall–Kier alpha value is -3.12. The molecule has 1 heterocycles. The minimum absolute atomic E-state index is 0.0845. The highest BCUT2D eigenvalue weighted by Gasteiger charge is 2.68. The molecule has 2 fully saturated rings. The van der Waals surface area contributed by atoms with Crippen LogP contribution in [0, 0.1) is 5.41 Å². The van der Waals surface area contributed by atoms with Crippen molar-refractivity contribution in [2.45, 2.75) is 70.9 Å². The van der Waals surface area contributed by atoms with Gasteiger partial charge in [-0.3, -0.25) is 4.90 Å². The van der Waals surface area contributed by atoms with Crippen LogP contribution in [0.5, 0.6) is 0 Å². The first-order valence-electron chi connectivity index (χ1n) is 12.2. The van der Waals surface area contributed by atoms with Crippen molar-refractivity contribution in [3.8, 4) is 0 Å². The summed E-state index contributed by atoms with van der Waals surface area (Å²) in [6.45, 7) is 10.4. The third kappa shape index (κ3) is 6.12. The van der Waals surface area contributed by atoms with Gasteiger partial charge in [0, 0.05) is 11.5 Å². The van der Waals surface area contributed by atoms with Crippen molar-refractivity contribution in [3.63, 3.8) is 0 Å². The number of piperidine rings is 1. The van der Waals surface area contributed by atoms with Crippen LogP contribution in [0.4, 0.5) is 4.79 Å². The number of rotatable bonds is 9. The predicted molar refractivity (Wildman–Crippen MR) is 134 cm³/mol. The molecule has 35 heavy (non-hydrogen) atoms. The summed E-state index contributed by atoms with van der Waals surface area (Å²) in [5.41, 5.74) is 2.31. The van der Waals surface area contributed by atoms with Gasteiger partial charge >= 0.3 is 12.1 Å². The van der Waals surface area contributed by atoms with Crippen LogP contribution in [0.3, 0.4) is 0 Å². The number of hydrogen-bond acceptors (Lipinski definition) is 5. The van der Waals surface area contributed by atoms with Crippen LogP contribution in [-0.2, 0) is 38.6 Å². The fourth-order valence-electron chi connectivity index (χ4n) is 4.83. The number of likely N-dealkylation sites (tertiary alicyclic amines) is 1. The zero-order valence-corrected chi connectivity index (χ0v) is 20.9. The Labute approximate surface area is 207 Å². The molecule has 0 bridgehead atoms. The molecule has 6 heteroatoms. The lowest BCUT2D eigenvalue weighted by Gasteiger charge is -2.29. The van der Waals surface area contributed by atoms with Crippen molar-refractivity contribution in [2.75, 3.05) is 6.61 Å². The van der Waals surface area contributed by atoms with Crippen molar-refractivity contribution in [3.05, 3.63) is 83.9 Å². The van der Waals surface area contributed by atoms with Gasteiger partial charge in [-0.1, -0.05) is 60.7 Å². The Morgan fingerprint density at radius 1 is 1.03 bits per heavy atom. The Bertz CT molecular complexity index is 1060. The van der Waals surface area contributed by atoms with Crippen LogP contribution in [0.15, 0.2) is 67.3 Å². The van der Waals surface area contributed by atoms with Gasteiger partial charge in [-0.25, -0.2) is 9.59 Å². The number of benzene rings is 2. The molecule has 2 aliphatic rings. The highest BCUT2D eigenvalue weighted by atomic mass is 16.6. The average molecular weight is 478 g/mol. The third-order valence-electron chi connectivity index (χ3n) is 6.55. The molecule has 186 valence electrons. The lowest BCUT2D eigenvalue weighted by atomic mass is 10.0. The average Bonchev–Trinajstić information content (AvgIpc) is 3.40. The Morgan fingerprint density at radius 3 is 2.46 bits per heavy atom. The topological polar surface area (TPSA) is 65.1 Å². The van der Waals surface area contributed by atoms with Crippen LogP contribution in [0.25, 0.3) is 0 Å². The molecule has 1 aliphatic heterocycles. The van der Waals surface area contributed by atoms with Crippen LogP contribution >= 0.6 is 0 Å². The second-order valence-electron chi connectivity index (χ2n) is 10.6. The van der Waals surface area contributed by atoms with E-state index in [1.54, 1.807) is 4.90 Å². The van der Waals surface area contributed by atoms with E-state index >= 15 is 0 Å². The van der Waals surface area contributed by atoms with E-state index in [2.05, 4.69) is 18.7 Å². The number of amides is 1. The van der Waals surface area contributed by atoms with Crippen LogP contribution in [0.2, 0.25) is 0 Å². The van der Waals surface area contributed by atoms with Crippen LogP contribution in [-0.4, -0.2) is 41.3 Å². The molecule has 2 aromatic rings. The minimum atomic E-state index is -0.674. The minimum Gasteiger partial charge on any atom is -0.459 e. The second-order valence-corrected chi connectivity index (χ2v) is 10.6. The fourth-order valence-corrected chi connectivity index (χ4v) is 4.83. The third-order valence-corrected chi connectivity index (χ3v) is 6.55. The molecule has 1 amide bonds. The molecule has 0 N–H and O–H groups in total. The summed E-state index contributed by atoms with van der Waals surface area (Å²) in [6.07, 6.45) is 3.54. The highest BCUT2D eigenvalue weighted by Crippen LogP contribution is 2.60. The van der Waals surface area contributed by atoms with Crippen molar-refractivity contribution in [2.24, 2.45) is 5.41 Å². The maximum atomic E-state index is 13.1. The number of nitrogens with zero attached hydrogens (tertiary/aromatic N) is 1. The summed E-state index contributed by atoms with van der Waals surface area (Å²) >= 11 is 0. The van der Waals surface area contributed by atoms with Crippen molar-refractivity contribution in [1.29, 1.82) is 0 Å². The Kier molecular flexibility index (Phi) is 7.31. The van der Waals surface area contributed by atoms with E-state index in [0.717, 1.165) is 24.0 Å². The Morgan fingerprint density at radius 2 is 1.74 bits per heavy atom. The Balaban J connectivity index is 1.41. The predicted octanol–water partition coefficient (Wildman–Crippen LogP) is 5.44. The van der Waals surface area contributed by atoms with E-state index in [1.807, 2.05) is 69.3 Å². The highest BCUT2D eigenvalue weighted by molar-refractivity contribution is 5.83. The van der Waals surface area contributed by atoms with E-state index in [4.69, 9.17) is 14.2 Å². The van der Waals surface area contributed by atoms with Crippen molar-refractivity contribution in [1.82, 2.24) is 4.90 Å². The van der Waals surface area contributed by atoms with Crippen molar-refractivity contribution < 1.29 is 23.8 Å². The van der Waals surface area contributed by atoms with Crippen LogP contribution in [0.1, 0.15) is 50.3 Å². The van der Waals surface area contributed by atoms with Gasteiger partial charge < -0.3 is 14.2 Å². The van der Waals surface area contributed by atoms with Gasteiger partial charge in [-0.05, 0) is 56.7 Å². The van der Waals surface area contributed by atoms with Crippen molar-refractivity contribution >= 4 is 12.1 Å². The summed E-state index contributed by atoms with van der Waals surface area (Å²) in [7, 11) is 0. The molecule has 3 atom stereocenters. The molecule has 0 radical (unpaired) electrons. The summed E-state index contributed by atoms with van der Waals surface area (Å²) in [6, 6.07) is 17.0. The van der Waals surface area contributed by atoms with Crippen LogP contribution < -0.4 is 0 Å². The number of ether oxygens (including phenoxy) is 3. The molecule has 6 nitrogen and oxygen atoms in total. The van der Waals surface area contributed by atoms with E-state index in [1.165, 1.54) is 5.56 Å². The summed E-state index contributed by atoms with van der Waals surface area (Å²) in [4.78, 5) is 27.7. The van der Waals surface area contributed by atoms with Gasteiger partial charge in [0.25, 0.3) is 0 Å². The standard InChI is InChI=1S/C29H35NO5/c1-5-10-21-13-9-14-23(15-21)18-33-20-29-16-24(26(31)34-19-22-11-7-6-8-12-22)30(25(29)17-29)27(32)35-28(2,3)4/h5-9,11-15,24-25H,1,10,16-20H2,2-4H3/t24-,25?,29-/m0/s1. The van der Waals surface area contributed by atoms with E-state index in [-0.39, 0.29) is 18.1 Å². The second kappa shape index (κ2) is 10.2. The number of esters is 1. The molecular formula is C29H35NO5. The molecular weight excluding hydrogens is 442 g/mol. The monoisotopic (exact) mass is 477 g/mol.